The number of rotatable bonds is 5. The highest BCUT2D eigenvalue weighted by molar-refractivity contribution is 7.89. The van der Waals surface area contributed by atoms with Gasteiger partial charge in [-0.05, 0) is 30.5 Å². The van der Waals surface area contributed by atoms with Gasteiger partial charge < -0.3 is 5.73 Å². The van der Waals surface area contributed by atoms with Crippen LogP contribution in [0.15, 0.2) is 23.1 Å². The van der Waals surface area contributed by atoms with Crippen LogP contribution in [-0.4, -0.2) is 15.0 Å². The summed E-state index contributed by atoms with van der Waals surface area (Å²) >= 11 is 0. The van der Waals surface area contributed by atoms with Crippen LogP contribution in [0.2, 0.25) is 0 Å². The molecule has 0 aliphatic heterocycles. The number of anilines is 1. The fourth-order valence-corrected chi connectivity index (χ4v) is 2.77. The first-order chi connectivity index (χ1) is 7.99. The zero-order valence-corrected chi connectivity index (χ0v) is 10.1. The van der Waals surface area contributed by atoms with Crippen LogP contribution in [0.25, 0.3) is 0 Å². The van der Waals surface area contributed by atoms with E-state index in [9.17, 15) is 12.8 Å². The molecule has 0 aromatic heterocycles. The van der Waals surface area contributed by atoms with Crippen LogP contribution in [0.3, 0.4) is 0 Å². The molecule has 0 atom stereocenters. The highest BCUT2D eigenvalue weighted by atomic mass is 32.2. The Morgan fingerprint density at radius 2 is 2.12 bits per heavy atom. The van der Waals surface area contributed by atoms with Crippen molar-refractivity contribution < 1.29 is 12.8 Å². The molecule has 0 unspecified atom stereocenters. The van der Waals surface area contributed by atoms with Gasteiger partial charge in [0.25, 0.3) is 0 Å². The minimum absolute atomic E-state index is 0.231. The highest BCUT2D eigenvalue weighted by Crippen LogP contribution is 2.31. The minimum Gasteiger partial charge on any atom is -0.399 e. The maximum absolute atomic E-state index is 13.4. The number of benzene rings is 1. The average molecular weight is 258 g/mol. The lowest BCUT2D eigenvalue weighted by molar-refractivity contribution is 0.553. The van der Waals surface area contributed by atoms with E-state index < -0.39 is 15.8 Å². The summed E-state index contributed by atoms with van der Waals surface area (Å²) in [5.41, 5.74) is 5.68. The Balaban J connectivity index is 2.09. The van der Waals surface area contributed by atoms with Crippen LogP contribution < -0.4 is 10.5 Å². The minimum atomic E-state index is -3.79. The number of halogens is 1. The van der Waals surface area contributed by atoms with E-state index in [1.165, 1.54) is 6.07 Å². The van der Waals surface area contributed by atoms with E-state index in [-0.39, 0.29) is 10.6 Å². The van der Waals surface area contributed by atoms with E-state index in [2.05, 4.69) is 4.72 Å². The van der Waals surface area contributed by atoms with Crippen molar-refractivity contribution in [3.8, 4) is 0 Å². The summed E-state index contributed by atoms with van der Waals surface area (Å²) in [6, 6.07) is 3.53. The van der Waals surface area contributed by atoms with Gasteiger partial charge in [0.15, 0.2) is 0 Å². The van der Waals surface area contributed by atoms with Crippen LogP contribution >= 0.6 is 0 Å². The van der Waals surface area contributed by atoms with Gasteiger partial charge >= 0.3 is 0 Å². The van der Waals surface area contributed by atoms with E-state index in [0.29, 0.717) is 12.5 Å². The molecule has 94 valence electrons. The Hall–Kier alpha value is -1.14. The molecule has 0 saturated heterocycles. The molecule has 2 rings (SSSR count). The van der Waals surface area contributed by atoms with Gasteiger partial charge in [-0.2, -0.15) is 0 Å². The first-order valence-electron chi connectivity index (χ1n) is 5.54. The van der Waals surface area contributed by atoms with E-state index in [1.54, 1.807) is 0 Å². The van der Waals surface area contributed by atoms with Gasteiger partial charge in [-0.15, -0.1) is 0 Å². The lowest BCUT2D eigenvalue weighted by Gasteiger charge is -2.07. The predicted molar refractivity (Wildman–Crippen MR) is 63.3 cm³/mol. The largest absolute Gasteiger partial charge is 0.399 e. The van der Waals surface area contributed by atoms with Crippen LogP contribution in [0.5, 0.6) is 0 Å². The fourth-order valence-electron chi connectivity index (χ4n) is 1.61. The highest BCUT2D eigenvalue weighted by Gasteiger charge is 2.23. The smallest absolute Gasteiger partial charge is 0.243 e. The first-order valence-corrected chi connectivity index (χ1v) is 7.02. The average Bonchev–Trinajstić information content (AvgIpc) is 3.05. The standard InChI is InChI=1S/C11H15FN2O2S/c12-10-4-3-9(13)7-11(10)17(15,16)14-6-5-8-1-2-8/h3-4,7-8,14H,1-2,5-6,13H2. The monoisotopic (exact) mass is 258 g/mol. The van der Waals surface area contributed by atoms with Crippen molar-refractivity contribution in [3.63, 3.8) is 0 Å². The van der Waals surface area contributed by atoms with Crippen molar-refractivity contribution in [1.82, 2.24) is 4.72 Å². The van der Waals surface area contributed by atoms with Gasteiger partial charge in [0.05, 0.1) is 0 Å². The van der Waals surface area contributed by atoms with E-state index >= 15 is 0 Å². The van der Waals surface area contributed by atoms with Crippen LogP contribution in [0, 0.1) is 11.7 Å². The van der Waals surface area contributed by atoms with Gasteiger partial charge in [-0.3, -0.25) is 0 Å². The van der Waals surface area contributed by atoms with Gasteiger partial charge in [0.1, 0.15) is 10.7 Å². The van der Waals surface area contributed by atoms with Gasteiger partial charge in [0.2, 0.25) is 10.0 Å². The van der Waals surface area contributed by atoms with E-state index in [4.69, 9.17) is 5.73 Å². The zero-order valence-electron chi connectivity index (χ0n) is 9.32. The number of nitrogens with one attached hydrogen (secondary N) is 1. The van der Waals surface area contributed by atoms with Crippen molar-refractivity contribution in [3.05, 3.63) is 24.0 Å². The second-order valence-electron chi connectivity index (χ2n) is 4.32. The summed E-state index contributed by atoms with van der Waals surface area (Å²) in [4.78, 5) is -0.381. The molecule has 1 aromatic carbocycles. The Bertz CT molecular complexity index is 512. The van der Waals surface area contributed by atoms with Crippen LogP contribution in [0.4, 0.5) is 10.1 Å². The molecule has 1 aliphatic rings. The molecule has 3 N–H and O–H groups in total. The number of hydrogen-bond acceptors (Lipinski definition) is 3. The molecule has 0 radical (unpaired) electrons. The number of nitrogen functional groups attached to an aromatic ring is 1. The normalized spacial score (nSPS) is 16.1. The maximum Gasteiger partial charge on any atom is 0.243 e. The number of nitrogens with two attached hydrogens (primary N) is 1. The Labute approximate surface area is 100 Å². The van der Waals surface area contributed by atoms with Crippen molar-refractivity contribution in [2.24, 2.45) is 5.92 Å². The maximum atomic E-state index is 13.4. The molecule has 17 heavy (non-hydrogen) atoms. The lowest BCUT2D eigenvalue weighted by Crippen LogP contribution is -2.26. The summed E-state index contributed by atoms with van der Waals surface area (Å²) < 4.78 is 39.4. The molecular weight excluding hydrogens is 243 g/mol. The van der Waals surface area contributed by atoms with Crippen molar-refractivity contribution in [1.29, 1.82) is 0 Å². The van der Waals surface area contributed by atoms with Gasteiger partial charge in [-0.1, -0.05) is 12.8 Å². The second kappa shape index (κ2) is 4.62. The molecule has 0 bridgehead atoms. The molecule has 4 nitrogen and oxygen atoms in total. The molecule has 0 amide bonds. The summed E-state index contributed by atoms with van der Waals surface area (Å²) in [7, 11) is -3.79. The summed E-state index contributed by atoms with van der Waals surface area (Å²) in [5, 5.41) is 0. The number of hydrogen-bond donors (Lipinski definition) is 2. The number of sulfonamides is 1. The van der Waals surface area contributed by atoms with Crippen molar-refractivity contribution >= 4 is 15.7 Å². The van der Waals surface area contributed by atoms with Crippen molar-refractivity contribution in [2.75, 3.05) is 12.3 Å². The summed E-state index contributed by atoms with van der Waals surface area (Å²) in [6.07, 6.45) is 3.13. The molecule has 1 aliphatic carbocycles. The van der Waals surface area contributed by atoms with E-state index in [1.807, 2.05) is 0 Å². The Kier molecular flexibility index (Phi) is 3.35. The predicted octanol–water partition coefficient (Wildman–Crippen LogP) is 1.49. The van der Waals surface area contributed by atoms with Crippen LogP contribution in [-0.2, 0) is 10.0 Å². The van der Waals surface area contributed by atoms with Gasteiger partial charge in [-0.25, -0.2) is 17.5 Å². The summed E-state index contributed by atoms with van der Waals surface area (Å²) in [5.74, 6) is -0.151. The molecule has 1 saturated carbocycles. The van der Waals surface area contributed by atoms with E-state index in [0.717, 1.165) is 31.4 Å². The Morgan fingerprint density at radius 1 is 1.41 bits per heavy atom. The van der Waals surface area contributed by atoms with Crippen molar-refractivity contribution in [2.45, 2.75) is 24.2 Å². The van der Waals surface area contributed by atoms with Crippen LogP contribution in [0.1, 0.15) is 19.3 Å². The third kappa shape index (κ3) is 3.17. The molecular formula is C11H15FN2O2S. The second-order valence-corrected chi connectivity index (χ2v) is 6.06. The molecule has 1 aromatic rings. The SMILES string of the molecule is Nc1ccc(F)c(S(=O)(=O)NCCC2CC2)c1. The molecule has 0 spiro atoms. The molecule has 6 heteroatoms. The zero-order chi connectivity index (χ0) is 12.5. The third-order valence-electron chi connectivity index (χ3n) is 2.79. The Morgan fingerprint density at radius 3 is 2.76 bits per heavy atom. The molecule has 1 fully saturated rings. The molecule has 0 heterocycles. The fraction of sp³-hybridized carbons (Fsp3) is 0.455. The van der Waals surface area contributed by atoms with Gasteiger partial charge in [0, 0.05) is 12.2 Å². The lowest BCUT2D eigenvalue weighted by atomic mass is 10.3. The topological polar surface area (TPSA) is 72.2 Å². The quantitative estimate of drug-likeness (QED) is 0.786. The third-order valence-corrected chi connectivity index (χ3v) is 4.26. The first kappa shape index (κ1) is 12.3. The summed E-state index contributed by atoms with van der Waals surface area (Å²) in [6.45, 7) is 0.348.